The lowest BCUT2D eigenvalue weighted by molar-refractivity contribution is 0.0176. The van der Waals surface area contributed by atoms with Crippen LogP contribution >= 0.6 is 11.6 Å². The topological polar surface area (TPSA) is 58.2 Å². The maximum Gasteiger partial charge on any atom is 0.410 e. The van der Waals surface area contributed by atoms with E-state index in [-0.39, 0.29) is 11.9 Å². The molecule has 0 saturated carbocycles. The van der Waals surface area contributed by atoms with E-state index in [0.717, 1.165) is 16.6 Å². The van der Waals surface area contributed by atoms with Gasteiger partial charge in [0.25, 0.3) is 0 Å². The van der Waals surface area contributed by atoms with Gasteiger partial charge in [-0.05, 0) is 69.5 Å². The standard InChI is InChI=1S/C22H25ClFN3O2/c1-14(15-6-5-7-17(24)12-15)27(21(28)29-22(2,3)4)11-10-16-13-25-18-8-9-19(23)26-20(16)18/h5-9,12-14,25H,10-11H2,1-4H3. The number of nitrogens with zero attached hydrogens (tertiary/aromatic N) is 2. The van der Waals surface area contributed by atoms with Crippen molar-refractivity contribution < 1.29 is 13.9 Å². The number of hydrogen-bond acceptors (Lipinski definition) is 3. The number of halogens is 2. The summed E-state index contributed by atoms with van der Waals surface area (Å²) in [7, 11) is 0. The summed E-state index contributed by atoms with van der Waals surface area (Å²) in [6.45, 7) is 7.71. The number of ether oxygens (including phenoxy) is 1. The summed E-state index contributed by atoms with van der Waals surface area (Å²) in [6, 6.07) is 9.50. The van der Waals surface area contributed by atoms with E-state index in [1.165, 1.54) is 12.1 Å². The smallest absolute Gasteiger partial charge is 0.410 e. The van der Waals surface area contributed by atoms with E-state index in [4.69, 9.17) is 16.3 Å². The van der Waals surface area contributed by atoms with Crippen LogP contribution in [0.25, 0.3) is 11.0 Å². The third-order valence-corrected chi connectivity index (χ3v) is 4.83. The average Bonchev–Trinajstić information content (AvgIpc) is 3.02. The molecule has 1 atom stereocenters. The number of aromatic amines is 1. The number of benzene rings is 1. The first-order chi connectivity index (χ1) is 13.6. The van der Waals surface area contributed by atoms with Crippen molar-refractivity contribution in [3.63, 3.8) is 0 Å². The largest absolute Gasteiger partial charge is 0.444 e. The van der Waals surface area contributed by atoms with Crippen LogP contribution in [0.2, 0.25) is 5.15 Å². The molecule has 0 fully saturated rings. The van der Waals surface area contributed by atoms with Crippen LogP contribution in [0.1, 0.15) is 44.9 Å². The van der Waals surface area contributed by atoms with Gasteiger partial charge in [0.15, 0.2) is 0 Å². The minimum absolute atomic E-state index is 0.339. The van der Waals surface area contributed by atoms with E-state index in [1.807, 2.05) is 40.0 Å². The Balaban J connectivity index is 1.86. The molecule has 0 aliphatic heterocycles. The Hall–Kier alpha value is -2.60. The summed E-state index contributed by atoms with van der Waals surface area (Å²) < 4.78 is 19.3. The first-order valence-corrected chi connectivity index (χ1v) is 9.89. The van der Waals surface area contributed by atoms with Crippen LogP contribution in [-0.2, 0) is 11.2 Å². The molecule has 0 aliphatic rings. The van der Waals surface area contributed by atoms with E-state index >= 15 is 0 Å². The van der Waals surface area contributed by atoms with Crippen molar-refractivity contribution in [1.29, 1.82) is 0 Å². The van der Waals surface area contributed by atoms with Crippen LogP contribution in [0, 0.1) is 5.82 Å². The highest BCUT2D eigenvalue weighted by Crippen LogP contribution is 2.25. The second kappa shape index (κ2) is 8.41. The van der Waals surface area contributed by atoms with Gasteiger partial charge in [0.05, 0.1) is 17.1 Å². The monoisotopic (exact) mass is 417 g/mol. The molecular weight excluding hydrogens is 393 g/mol. The minimum Gasteiger partial charge on any atom is -0.444 e. The third-order valence-electron chi connectivity index (χ3n) is 4.62. The number of aromatic nitrogens is 2. The SMILES string of the molecule is CC(c1cccc(F)c1)N(CCc1c[nH]c2ccc(Cl)nc12)C(=O)OC(C)(C)C. The molecule has 3 rings (SSSR count). The first kappa shape index (κ1) is 21.1. The fourth-order valence-corrected chi connectivity index (χ4v) is 3.32. The Morgan fingerprint density at radius 3 is 2.76 bits per heavy atom. The zero-order valence-electron chi connectivity index (χ0n) is 17.0. The molecule has 0 saturated heterocycles. The predicted molar refractivity (Wildman–Crippen MR) is 113 cm³/mol. The molecule has 3 aromatic rings. The lowest BCUT2D eigenvalue weighted by Crippen LogP contribution is -2.39. The molecule has 0 radical (unpaired) electrons. The fraction of sp³-hybridized carbons (Fsp3) is 0.364. The van der Waals surface area contributed by atoms with Gasteiger partial charge in [-0.1, -0.05) is 23.7 Å². The minimum atomic E-state index is -0.632. The van der Waals surface area contributed by atoms with Crippen LogP contribution in [0.15, 0.2) is 42.6 Å². The number of carbonyl (C=O) groups is 1. The lowest BCUT2D eigenvalue weighted by atomic mass is 10.1. The first-order valence-electron chi connectivity index (χ1n) is 9.51. The Kier molecular flexibility index (Phi) is 6.13. The van der Waals surface area contributed by atoms with Gasteiger partial charge >= 0.3 is 6.09 Å². The Morgan fingerprint density at radius 2 is 2.07 bits per heavy atom. The van der Waals surface area contributed by atoms with Crippen molar-refractivity contribution in [3.8, 4) is 0 Å². The van der Waals surface area contributed by atoms with Gasteiger partial charge in [-0.3, -0.25) is 0 Å². The summed E-state index contributed by atoms with van der Waals surface area (Å²) in [5, 5.41) is 0.412. The molecule has 7 heteroatoms. The third kappa shape index (κ3) is 5.26. The zero-order valence-corrected chi connectivity index (χ0v) is 17.8. The van der Waals surface area contributed by atoms with E-state index in [9.17, 15) is 9.18 Å². The Labute approximate surface area is 174 Å². The van der Waals surface area contributed by atoms with Gasteiger partial charge in [-0.25, -0.2) is 14.2 Å². The molecule has 29 heavy (non-hydrogen) atoms. The number of pyridine rings is 1. The molecular formula is C22H25ClFN3O2. The van der Waals surface area contributed by atoms with E-state index < -0.39 is 11.7 Å². The quantitative estimate of drug-likeness (QED) is 0.526. The number of amides is 1. The van der Waals surface area contributed by atoms with Crippen molar-refractivity contribution in [2.75, 3.05) is 6.54 Å². The number of rotatable bonds is 5. The summed E-state index contributed by atoms with van der Waals surface area (Å²) in [4.78, 5) is 22.1. The second-order valence-electron chi connectivity index (χ2n) is 8.00. The number of H-pyrrole nitrogens is 1. The number of nitrogens with one attached hydrogen (secondary N) is 1. The number of carbonyl (C=O) groups excluding carboxylic acids is 1. The van der Waals surface area contributed by atoms with Crippen LogP contribution in [0.5, 0.6) is 0 Å². The molecule has 2 heterocycles. The molecule has 0 bridgehead atoms. The molecule has 1 N–H and O–H groups in total. The molecule has 1 amide bonds. The molecule has 2 aromatic heterocycles. The van der Waals surface area contributed by atoms with E-state index in [1.54, 1.807) is 23.1 Å². The van der Waals surface area contributed by atoms with Gasteiger partial charge in [-0.2, -0.15) is 0 Å². The molecule has 0 spiro atoms. The van der Waals surface area contributed by atoms with Crippen LogP contribution < -0.4 is 0 Å². The predicted octanol–water partition coefficient (Wildman–Crippen LogP) is 5.90. The normalized spacial score (nSPS) is 12.8. The Bertz CT molecular complexity index is 1010. The number of fused-ring (bicyclic) bond motifs is 1. The van der Waals surface area contributed by atoms with Gasteiger partial charge in [-0.15, -0.1) is 0 Å². The van der Waals surface area contributed by atoms with E-state index in [0.29, 0.717) is 23.7 Å². The summed E-state index contributed by atoms with van der Waals surface area (Å²) in [5.41, 5.74) is 2.68. The lowest BCUT2D eigenvalue weighted by Gasteiger charge is -2.32. The Morgan fingerprint density at radius 1 is 1.31 bits per heavy atom. The average molecular weight is 418 g/mol. The maximum absolute atomic E-state index is 13.7. The van der Waals surface area contributed by atoms with Crippen LogP contribution in [-0.4, -0.2) is 33.1 Å². The van der Waals surface area contributed by atoms with Gasteiger partial charge in [0.1, 0.15) is 16.6 Å². The number of hydrogen-bond donors (Lipinski definition) is 1. The van der Waals surface area contributed by atoms with Crippen molar-refractivity contribution in [3.05, 3.63) is 64.7 Å². The molecule has 154 valence electrons. The van der Waals surface area contributed by atoms with E-state index in [2.05, 4.69) is 9.97 Å². The highest BCUT2D eigenvalue weighted by Gasteiger charge is 2.27. The van der Waals surface area contributed by atoms with Gasteiger partial charge < -0.3 is 14.6 Å². The molecule has 1 aromatic carbocycles. The van der Waals surface area contributed by atoms with Gasteiger partial charge in [0.2, 0.25) is 0 Å². The van der Waals surface area contributed by atoms with Crippen LogP contribution in [0.4, 0.5) is 9.18 Å². The maximum atomic E-state index is 13.7. The highest BCUT2D eigenvalue weighted by molar-refractivity contribution is 6.29. The van der Waals surface area contributed by atoms with Crippen molar-refractivity contribution >= 4 is 28.7 Å². The van der Waals surface area contributed by atoms with Crippen molar-refractivity contribution in [1.82, 2.24) is 14.9 Å². The van der Waals surface area contributed by atoms with Crippen molar-refractivity contribution in [2.24, 2.45) is 0 Å². The summed E-state index contributed by atoms with van der Waals surface area (Å²) in [5.74, 6) is -0.339. The van der Waals surface area contributed by atoms with Crippen molar-refractivity contribution in [2.45, 2.75) is 45.8 Å². The highest BCUT2D eigenvalue weighted by atomic mass is 35.5. The molecule has 0 aliphatic carbocycles. The molecule has 1 unspecified atom stereocenters. The fourth-order valence-electron chi connectivity index (χ4n) is 3.17. The summed E-state index contributed by atoms with van der Waals surface area (Å²) >= 11 is 6.03. The summed E-state index contributed by atoms with van der Waals surface area (Å²) in [6.07, 6.45) is 1.97. The molecule has 5 nitrogen and oxygen atoms in total. The van der Waals surface area contributed by atoms with Crippen LogP contribution in [0.3, 0.4) is 0 Å². The zero-order chi connectivity index (χ0) is 21.2. The second-order valence-corrected chi connectivity index (χ2v) is 8.39. The van der Waals surface area contributed by atoms with Gasteiger partial charge in [0, 0.05) is 12.7 Å².